The third-order valence-corrected chi connectivity index (χ3v) is 5.64. The van der Waals surface area contributed by atoms with Crippen molar-refractivity contribution >= 4 is 5.91 Å². The van der Waals surface area contributed by atoms with Crippen LogP contribution in [0.25, 0.3) is 11.3 Å². The van der Waals surface area contributed by atoms with E-state index in [4.69, 9.17) is 0 Å². The molecular formula is C29H30N2O. The second-order valence-electron chi connectivity index (χ2n) is 9.15. The Balaban J connectivity index is 1.80. The number of benzene rings is 3. The summed E-state index contributed by atoms with van der Waals surface area (Å²) in [4.78, 5) is 13.4. The zero-order valence-corrected chi connectivity index (χ0v) is 19.0. The monoisotopic (exact) mass is 422 g/mol. The summed E-state index contributed by atoms with van der Waals surface area (Å²) >= 11 is 0. The van der Waals surface area contributed by atoms with E-state index in [-0.39, 0.29) is 11.3 Å². The Morgan fingerprint density at radius 3 is 1.88 bits per heavy atom. The highest BCUT2D eigenvalue weighted by Crippen LogP contribution is 2.34. The van der Waals surface area contributed by atoms with E-state index in [9.17, 15) is 4.79 Å². The van der Waals surface area contributed by atoms with Crippen LogP contribution in [0, 0.1) is 0 Å². The molecular weight excluding hydrogens is 392 g/mol. The maximum atomic E-state index is 13.4. The molecule has 3 nitrogen and oxygen atoms in total. The lowest BCUT2D eigenvalue weighted by Gasteiger charge is -2.23. The van der Waals surface area contributed by atoms with E-state index >= 15 is 0 Å². The third kappa shape index (κ3) is 4.83. The van der Waals surface area contributed by atoms with Gasteiger partial charge in [-0.25, -0.2) is 0 Å². The van der Waals surface area contributed by atoms with Crippen LogP contribution in [0.5, 0.6) is 0 Å². The molecule has 32 heavy (non-hydrogen) atoms. The van der Waals surface area contributed by atoms with Gasteiger partial charge in [-0.05, 0) is 22.8 Å². The molecule has 0 saturated carbocycles. The smallest absolute Gasteiger partial charge is 0.253 e. The van der Waals surface area contributed by atoms with Gasteiger partial charge < -0.3 is 9.88 Å². The van der Waals surface area contributed by atoms with E-state index in [1.54, 1.807) is 0 Å². The van der Waals surface area contributed by atoms with E-state index < -0.39 is 0 Å². The first kappa shape index (κ1) is 21.6. The number of rotatable bonds is 6. The van der Waals surface area contributed by atoms with Crippen molar-refractivity contribution in [3.63, 3.8) is 0 Å². The van der Waals surface area contributed by atoms with Crippen LogP contribution < -0.4 is 5.32 Å². The third-order valence-electron chi connectivity index (χ3n) is 5.64. The van der Waals surface area contributed by atoms with Crippen LogP contribution in [0.15, 0.2) is 97.1 Å². The molecule has 3 aromatic carbocycles. The molecule has 0 aliphatic rings. The minimum atomic E-state index is -0.115. The molecule has 0 radical (unpaired) electrons. The van der Waals surface area contributed by atoms with Crippen LogP contribution in [-0.4, -0.2) is 10.5 Å². The van der Waals surface area contributed by atoms with Crippen LogP contribution in [-0.2, 0) is 18.5 Å². The van der Waals surface area contributed by atoms with Crippen molar-refractivity contribution in [3.8, 4) is 11.3 Å². The molecule has 0 bridgehead atoms. The lowest BCUT2D eigenvalue weighted by atomic mass is 9.91. The highest BCUT2D eigenvalue weighted by Gasteiger charge is 2.27. The first-order valence-corrected chi connectivity index (χ1v) is 11.1. The molecule has 1 heterocycles. The summed E-state index contributed by atoms with van der Waals surface area (Å²) in [5.74, 6) is -0.0509. The lowest BCUT2D eigenvalue weighted by Crippen LogP contribution is -2.23. The van der Waals surface area contributed by atoms with Gasteiger partial charge in [0.25, 0.3) is 5.91 Å². The van der Waals surface area contributed by atoms with E-state index in [1.807, 2.05) is 54.6 Å². The number of aromatic nitrogens is 1. The van der Waals surface area contributed by atoms with E-state index in [2.05, 4.69) is 73.1 Å². The Morgan fingerprint density at radius 2 is 1.31 bits per heavy atom. The van der Waals surface area contributed by atoms with Crippen LogP contribution >= 0.6 is 0 Å². The van der Waals surface area contributed by atoms with Gasteiger partial charge in [0.2, 0.25) is 0 Å². The summed E-state index contributed by atoms with van der Waals surface area (Å²) < 4.78 is 2.31. The van der Waals surface area contributed by atoms with Crippen LogP contribution in [0.4, 0.5) is 0 Å². The summed E-state index contributed by atoms with van der Waals surface area (Å²) in [5, 5.41) is 3.13. The predicted octanol–water partition coefficient (Wildman–Crippen LogP) is 6.43. The normalized spacial score (nSPS) is 11.3. The van der Waals surface area contributed by atoms with Crippen molar-refractivity contribution in [2.75, 3.05) is 0 Å². The molecule has 1 amide bonds. The lowest BCUT2D eigenvalue weighted by molar-refractivity contribution is 0.0951. The number of nitrogens with zero attached hydrogens (tertiary/aromatic N) is 1. The van der Waals surface area contributed by atoms with E-state index in [0.717, 1.165) is 22.5 Å². The standard InChI is InChI=1S/C29H30N2O/c1-29(2,3)26-19-25(28(32)30-20-22-13-7-4-8-14-22)27(24-17-11-6-12-18-24)31(26)21-23-15-9-5-10-16-23/h4-19H,20-21H2,1-3H3,(H,30,32). The minimum Gasteiger partial charge on any atom is -0.348 e. The Kier molecular flexibility index (Phi) is 6.27. The van der Waals surface area contributed by atoms with Gasteiger partial charge in [0.05, 0.1) is 11.3 Å². The van der Waals surface area contributed by atoms with Gasteiger partial charge in [-0.15, -0.1) is 0 Å². The summed E-state index contributed by atoms with van der Waals surface area (Å²) in [7, 11) is 0. The second kappa shape index (κ2) is 9.27. The van der Waals surface area contributed by atoms with Gasteiger partial charge >= 0.3 is 0 Å². The second-order valence-corrected chi connectivity index (χ2v) is 9.15. The first-order valence-electron chi connectivity index (χ1n) is 11.1. The molecule has 0 spiro atoms. The van der Waals surface area contributed by atoms with Gasteiger partial charge in [0.1, 0.15) is 0 Å². The number of carbonyl (C=O) groups is 1. The Labute approximate surface area is 190 Å². The zero-order valence-electron chi connectivity index (χ0n) is 19.0. The number of amides is 1. The van der Waals surface area contributed by atoms with Crippen LogP contribution in [0.3, 0.4) is 0 Å². The Bertz CT molecular complexity index is 1170. The zero-order chi connectivity index (χ0) is 22.6. The van der Waals surface area contributed by atoms with Crippen molar-refractivity contribution in [2.24, 2.45) is 0 Å². The maximum Gasteiger partial charge on any atom is 0.253 e. The molecule has 4 rings (SSSR count). The number of carbonyl (C=O) groups excluding carboxylic acids is 1. The molecule has 0 unspecified atom stereocenters. The average Bonchev–Trinajstić information content (AvgIpc) is 3.19. The molecule has 1 N–H and O–H groups in total. The first-order chi connectivity index (χ1) is 15.4. The van der Waals surface area contributed by atoms with Gasteiger partial charge in [0, 0.05) is 24.2 Å². The molecule has 3 heteroatoms. The quantitative estimate of drug-likeness (QED) is 0.382. The number of hydrogen-bond acceptors (Lipinski definition) is 1. The molecule has 0 atom stereocenters. The fraction of sp³-hybridized carbons (Fsp3) is 0.207. The van der Waals surface area contributed by atoms with Crippen molar-refractivity contribution < 1.29 is 4.79 Å². The highest BCUT2D eigenvalue weighted by molar-refractivity contribution is 6.00. The van der Waals surface area contributed by atoms with E-state index in [1.165, 1.54) is 5.56 Å². The summed E-state index contributed by atoms with van der Waals surface area (Å²) in [5.41, 5.74) is 6.05. The molecule has 0 aliphatic carbocycles. The topological polar surface area (TPSA) is 34.0 Å². The minimum absolute atomic E-state index is 0.0509. The van der Waals surface area contributed by atoms with Gasteiger partial charge in [-0.3, -0.25) is 4.79 Å². The summed E-state index contributed by atoms with van der Waals surface area (Å²) in [6.07, 6.45) is 0. The highest BCUT2D eigenvalue weighted by atomic mass is 16.1. The van der Waals surface area contributed by atoms with Crippen molar-refractivity contribution in [1.29, 1.82) is 0 Å². The molecule has 0 saturated heterocycles. The Hall–Kier alpha value is -3.59. The Morgan fingerprint density at radius 1 is 0.781 bits per heavy atom. The van der Waals surface area contributed by atoms with Crippen LogP contribution in [0.1, 0.15) is 48.0 Å². The molecule has 1 aromatic heterocycles. The van der Waals surface area contributed by atoms with E-state index in [0.29, 0.717) is 18.7 Å². The van der Waals surface area contributed by atoms with Crippen LogP contribution in [0.2, 0.25) is 0 Å². The van der Waals surface area contributed by atoms with Gasteiger partial charge in [-0.1, -0.05) is 112 Å². The fourth-order valence-electron chi connectivity index (χ4n) is 4.05. The van der Waals surface area contributed by atoms with Gasteiger partial charge in [-0.2, -0.15) is 0 Å². The predicted molar refractivity (Wildman–Crippen MR) is 132 cm³/mol. The molecule has 0 fully saturated rings. The number of hydrogen-bond donors (Lipinski definition) is 1. The SMILES string of the molecule is CC(C)(C)c1cc(C(=O)NCc2ccccc2)c(-c2ccccc2)n1Cc1ccccc1. The van der Waals surface area contributed by atoms with Crippen molar-refractivity contribution in [2.45, 2.75) is 39.3 Å². The van der Waals surface area contributed by atoms with Crippen molar-refractivity contribution in [3.05, 3.63) is 119 Å². The fourth-order valence-corrected chi connectivity index (χ4v) is 4.05. The maximum absolute atomic E-state index is 13.4. The number of nitrogens with one attached hydrogen (secondary N) is 1. The molecule has 4 aromatic rings. The van der Waals surface area contributed by atoms with Gasteiger partial charge in [0.15, 0.2) is 0 Å². The largest absolute Gasteiger partial charge is 0.348 e. The summed E-state index contributed by atoms with van der Waals surface area (Å²) in [6.45, 7) is 7.81. The molecule has 162 valence electrons. The van der Waals surface area contributed by atoms with Crippen molar-refractivity contribution in [1.82, 2.24) is 9.88 Å². The summed E-state index contributed by atoms with van der Waals surface area (Å²) in [6, 6.07) is 32.7. The average molecular weight is 423 g/mol. The molecule has 0 aliphatic heterocycles.